The lowest BCUT2D eigenvalue weighted by atomic mass is 10.1. The van der Waals surface area contributed by atoms with Crippen molar-refractivity contribution in [2.75, 3.05) is 18.1 Å². The van der Waals surface area contributed by atoms with Crippen LogP contribution in [0.25, 0.3) is 0 Å². The summed E-state index contributed by atoms with van der Waals surface area (Å²) in [6, 6.07) is 5.93. The Hall–Kier alpha value is -0.770. The molecule has 0 bridgehead atoms. The SMILES string of the molecule is CC(O)c1ccc(N(CCCO)C(C)C)c(Cl)c1. The lowest BCUT2D eigenvalue weighted by molar-refractivity contribution is 0.199. The molecule has 3 nitrogen and oxygen atoms in total. The van der Waals surface area contributed by atoms with Crippen molar-refractivity contribution in [1.29, 1.82) is 0 Å². The summed E-state index contributed by atoms with van der Waals surface area (Å²) in [6.07, 6.45) is 0.202. The molecule has 1 unspecified atom stereocenters. The summed E-state index contributed by atoms with van der Waals surface area (Å²) in [5.74, 6) is 0. The number of hydrogen-bond donors (Lipinski definition) is 2. The van der Waals surface area contributed by atoms with Gasteiger partial charge in [0.1, 0.15) is 0 Å². The lowest BCUT2D eigenvalue weighted by Gasteiger charge is -2.30. The average Bonchev–Trinajstić information content (AvgIpc) is 2.30. The van der Waals surface area contributed by atoms with Crippen LogP contribution in [0, 0.1) is 0 Å². The zero-order valence-corrected chi connectivity index (χ0v) is 12.0. The molecule has 18 heavy (non-hydrogen) atoms. The molecule has 4 heteroatoms. The maximum Gasteiger partial charge on any atom is 0.0762 e. The van der Waals surface area contributed by atoms with Crippen LogP contribution < -0.4 is 4.90 Å². The molecule has 0 aliphatic carbocycles. The molecule has 0 aliphatic heterocycles. The fourth-order valence-electron chi connectivity index (χ4n) is 1.91. The maximum absolute atomic E-state index is 9.52. The molecule has 0 heterocycles. The van der Waals surface area contributed by atoms with Gasteiger partial charge in [-0.2, -0.15) is 0 Å². The number of aliphatic hydroxyl groups excluding tert-OH is 2. The van der Waals surface area contributed by atoms with Crippen LogP contribution in [0.4, 0.5) is 5.69 Å². The van der Waals surface area contributed by atoms with E-state index in [0.29, 0.717) is 17.5 Å². The molecule has 0 spiro atoms. The monoisotopic (exact) mass is 271 g/mol. The number of halogens is 1. The lowest BCUT2D eigenvalue weighted by Crippen LogP contribution is -2.32. The Bertz CT molecular complexity index is 380. The first-order valence-electron chi connectivity index (χ1n) is 6.32. The minimum atomic E-state index is -0.513. The van der Waals surface area contributed by atoms with Crippen molar-refractivity contribution >= 4 is 17.3 Å². The Morgan fingerprint density at radius 1 is 1.28 bits per heavy atom. The van der Waals surface area contributed by atoms with E-state index in [1.54, 1.807) is 13.0 Å². The molecule has 0 radical (unpaired) electrons. The second-order valence-electron chi connectivity index (χ2n) is 4.75. The van der Waals surface area contributed by atoms with Crippen LogP contribution in [0.2, 0.25) is 5.02 Å². The Morgan fingerprint density at radius 2 is 1.94 bits per heavy atom. The number of aliphatic hydroxyl groups is 2. The van der Waals surface area contributed by atoms with Gasteiger partial charge in [-0.15, -0.1) is 0 Å². The van der Waals surface area contributed by atoms with Crippen molar-refractivity contribution in [2.45, 2.75) is 39.3 Å². The second kappa shape index (κ2) is 6.98. The third-order valence-corrected chi connectivity index (χ3v) is 3.25. The molecule has 1 aromatic rings. The van der Waals surface area contributed by atoms with Crippen molar-refractivity contribution in [3.05, 3.63) is 28.8 Å². The van der Waals surface area contributed by atoms with Gasteiger partial charge in [0.05, 0.1) is 16.8 Å². The van der Waals surface area contributed by atoms with Gasteiger partial charge >= 0.3 is 0 Å². The largest absolute Gasteiger partial charge is 0.396 e. The number of rotatable bonds is 6. The smallest absolute Gasteiger partial charge is 0.0762 e. The molecular weight excluding hydrogens is 250 g/mol. The van der Waals surface area contributed by atoms with Gasteiger partial charge in [0.15, 0.2) is 0 Å². The highest BCUT2D eigenvalue weighted by molar-refractivity contribution is 6.33. The summed E-state index contributed by atoms with van der Waals surface area (Å²) in [4.78, 5) is 2.16. The molecule has 0 saturated heterocycles. The van der Waals surface area contributed by atoms with Crippen LogP contribution >= 0.6 is 11.6 Å². The predicted molar refractivity (Wildman–Crippen MR) is 76.3 cm³/mol. The van der Waals surface area contributed by atoms with E-state index in [1.807, 2.05) is 12.1 Å². The van der Waals surface area contributed by atoms with E-state index >= 15 is 0 Å². The molecule has 1 atom stereocenters. The summed E-state index contributed by atoms with van der Waals surface area (Å²) in [5, 5.41) is 19.1. The maximum atomic E-state index is 9.52. The van der Waals surface area contributed by atoms with Crippen molar-refractivity contribution in [3.63, 3.8) is 0 Å². The molecule has 0 saturated carbocycles. The van der Waals surface area contributed by atoms with E-state index in [-0.39, 0.29) is 6.61 Å². The van der Waals surface area contributed by atoms with E-state index in [4.69, 9.17) is 16.7 Å². The minimum Gasteiger partial charge on any atom is -0.396 e. The van der Waals surface area contributed by atoms with E-state index in [0.717, 1.165) is 17.8 Å². The highest BCUT2D eigenvalue weighted by Crippen LogP contribution is 2.30. The van der Waals surface area contributed by atoms with Gasteiger partial charge in [0.25, 0.3) is 0 Å². The zero-order chi connectivity index (χ0) is 13.7. The van der Waals surface area contributed by atoms with Gasteiger partial charge in [-0.3, -0.25) is 0 Å². The highest BCUT2D eigenvalue weighted by Gasteiger charge is 2.14. The highest BCUT2D eigenvalue weighted by atomic mass is 35.5. The number of hydrogen-bond acceptors (Lipinski definition) is 3. The van der Waals surface area contributed by atoms with Gasteiger partial charge in [-0.25, -0.2) is 0 Å². The van der Waals surface area contributed by atoms with E-state index in [2.05, 4.69) is 18.7 Å². The Morgan fingerprint density at radius 3 is 2.39 bits per heavy atom. The fourth-order valence-corrected chi connectivity index (χ4v) is 2.21. The second-order valence-corrected chi connectivity index (χ2v) is 5.16. The standard InChI is InChI=1S/C14H22ClNO2/c1-10(2)16(7-4-8-17)14-6-5-12(11(3)18)9-13(14)15/h5-6,9-11,17-18H,4,7-8H2,1-3H3. The normalized spacial score (nSPS) is 12.8. The summed E-state index contributed by atoms with van der Waals surface area (Å²) < 4.78 is 0. The average molecular weight is 272 g/mol. The van der Waals surface area contributed by atoms with E-state index in [1.165, 1.54) is 0 Å². The van der Waals surface area contributed by atoms with Gasteiger partial charge < -0.3 is 15.1 Å². The first-order chi connectivity index (χ1) is 8.47. The molecular formula is C14H22ClNO2. The number of benzene rings is 1. The van der Waals surface area contributed by atoms with Crippen molar-refractivity contribution in [1.82, 2.24) is 0 Å². The van der Waals surface area contributed by atoms with Gasteiger partial charge in [-0.1, -0.05) is 17.7 Å². The molecule has 1 aromatic carbocycles. The van der Waals surface area contributed by atoms with Gasteiger partial charge in [0, 0.05) is 19.2 Å². The van der Waals surface area contributed by atoms with Crippen LogP contribution in [-0.2, 0) is 0 Å². The summed E-state index contributed by atoms with van der Waals surface area (Å²) in [7, 11) is 0. The van der Waals surface area contributed by atoms with Crippen LogP contribution in [0.3, 0.4) is 0 Å². The number of anilines is 1. The molecule has 0 aromatic heterocycles. The van der Waals surface area contributed by atoms with Crippen molar-refractivity contribution in [3.8, 4) is 0 Å². The zero-order valence-electron chi connectivity index (χ0n) is 11.2. The van der Waals surface area contributed by atoms with E-state index < -0.39 is 6.10 Å². The minimum absolute atomic E-state index is 0.173. The Labute approximate surface area is 114 Å². The Kier molecular flexibility index (Phi) is 5.93. The van der Waals surface area contributed by atoms with Crippen molar-refractivity contribution < 1.29 is 10.2 Å². The van der Waals surface area contributed by atoms with Crippen LogP contribution in [0.5, 0.6) is 0 Å². The first kappa shape index (κ1) is 15.3. The van der Waals surface area contributed by atoms with Crippen LogP contribution in [0.1, 0.15) is 38.9 Å². The predicted octanol–water partition coefficient (Wildman–Crippen LogP) is 2.99. The third-order valence-electron chi connectivity index (χ3n) is 2.94. The molecule has 102 valence electrons. The fraction of sp³-hybridized carbons (Fsp3) is 0.571. The first-order valence-corrected chi connectivity index (χ1v) is 6.70. The molecule has 1 rings (SSSR count). The van der Waals surface area contributed by atoms with Gasteiger partial charge in [-0.05, 0) is 44.9 Å². The summed E-state index contributed by atoms with van der Waals surface area (Å²) in [5.41, 5.74) is 1.76. The molecule has 2 N–H and O–H groups in total. The molecule has 0 fully saturated rings. The van der Waals surface area contributed by atoms with E-state index in [9.17, 15) is 5.11 Å². The van der Waals surface area contributed by atoms with Crippen LogP contribution in [-0.4, -0.2) is 29.4 Å². The summed E-state index contributed by atoms with van der Waals surface area (Å²) in [6.45, 7) is 6.85. The number of nitrogens with zero attached hydrogens (tertiary/aromatic N) is 1. The third kappa shape index (κ3) is 3.87. The quantitative estimate of drug-likeness (QED) is 0.836. The van der Waals surface area contributed by atoms with Crippen LogP contribution in [0.15, 0.2) is 18.2 Å². The van der Waals surface area contributed by atoms with Crippen molar-refractivity contribution in [2.24, 2.45) is 0 Å². The van der Waals surface area contributed by atoms with Gasteiger partial charge in [0.2, 0.25) is 0 Å². The molecule has 0 aliphatic rings. The molecule has 0 amide bonds. The topological polar surface area (TPSA) is 43.7 Å². The Balaban J connectivity index is 2.98. The summed E-state index contributed by atoms with van der Waals surface area (Å²) >= 11 is 6.28.